The number of hydrogen-bond donors (Lipinski definition) is 2. The van der Waals surface area contributed by atoms with Crippen LogP contribution in [-0.2, 0) is 6.54 Å². The standard InChI is InChI=1S/C14H11ClFNO2/c15-11-4-2-1-3-10(11)8-17-13-6-5-9(14(18)19)7-12(13)16/h1-7,17H,8H2,(H,18,19). The number of nitrogens with one attached hydrogen (secondary N) is 1. The predicted octanol–water partition coefficient (Wildman–Crippen LogP) is 3.79. The Morgan fingerprint density at radius 3 is 2.63 bits per heavy atom. The summed E-state index contributed by atoms with van der Waals surface area (Å²) in [5.74, 6) is -1.76. The third-order valence-corrected chi connectivity index (χ3v) is 3.01. The van der Waals surface area contributed by atoms with Crippen LogP contribution in [0.2, 0.25) is 5.02 Å². The third kappa shape index (κ3) is 3.23. The molecular weight excluding hydrogens is 269 g/mol. The molecule has 0 saturated heterocycles. The lowest BCUT2D eigenvalue weighted by Gasteiger charge is -2.09. The van der Waals surface area contributed by atoms with Crippen molar-refractivity contribution < 1.29 is 14.3 Å². The zero-order valence-electron chi connectivity index (χ0n) is 9.86. The van der Waals surface area contributed by atoms with Crippen LogP contribution in [0.3, 0.4) is 0 Å². The number of hydrogen-bond acceptors (Lipinski definition) is 2. The van der Waals surface area contributed by atoms with Gasteiger partial charge in [0.2, 0.25) is 0 Å². The molecule has 0 saturated carbocycles. The molecule has 2 aromatic rings. The van der Waals surface area contributed by atoms with E-state index in [1.54, 1.807) is 6.07 Å². The maximum absolute atomic E-state index is 13.7. The quantitative estimate of drug-likeness (QED) is 0.895. The lowest BCUT2D eigenvalue weighted by molar-refractivity contribution is 0.0696. The van der Waals surface area contributed by atoms with Gasteiger partial charge in [0.1, 0.15) is 5.82 Å². The molecule has 0 aliphatic rings. The van der Waals surface area contributed by atoms with Gasteiger partial charge in [0.05, 0.1) is 11.3 Å². The van der Waals surface area contributed by atoms with E-state index in [0.717, 1.165) is 11.6 Å². The molecule has 0 unspecified atom stereocenters. The van der Waals surface area contributed by atoms with Crippen LogP contribution in [0.1, 0.15) is 15.9 Å². The van der Waals surface area contributed by atoms with E-state index in [4.69, 9.17) is 16.7 Å². The molecule has 0 aromatic heterocycles. The second kappa shape index (κ2) is 5.71. The van der Waals surface area contributed by atoms with Crippen molar-refractivity contribution in [2.24, 2.45) is 0 Å². The van der Waals surface area contributed by atoms with Gasteiger partial charge in [0, 0.05) is 11.6 Å². The Kier molecular flexibility index (Phi) is 4.02. The summed E-state index contributed by atoms with van der Waals surface area (Å²) in [7, 11) is 0. The highest BCUT2D eigenvalue weighted by molar-refractivity contribution is 6.31. The number of carboxylic acids is 1. The number of rotatable bonds is 4. The van der Waals surface area contributed by atoms with Crippen molar-refractivity contribution in [1.82, 2.24) is 0 Å². The van der Waals surface area contributed by atoms with E-state index in [-0.39, 0.29) is 11.3 Å². The van der Waals surface area contributed by atoms with Crippen molar-refractivity contribution in [3.05, 3.63) is 64.4 Å². The first-order valence-corrected chi connectivity index (χ1v) is 5.96. The molecule has 0 amide bonds. The summed E-state index contributed by atoms with van der Waals surface area (Å²) >= 11 is 5.99. The van der Waals surface area contributed by atoms with Gasteiger partial charge in [-0.2, -0.15) is 0 Å². The maximum atomic E-state index is 13.7. The number of benzene rings is 2. The molecule has 0 heterocycles. The van der Waals surface area contributed by atoms with Gasteiger partial charge >= 0.3 is 5.97 Å². The second-order valence-electron chi connectivity index (χ2n) is 3.94. The highest BCUT2D eigenvalue weighted by atomic mass is 35.5. The smallest absolute Gasteiger partial charge is 0.335 e. The van der Waals surface area contributed by atoms with Crippen LogP contribution in [0, 0.1) is 5.82 Å². The van der Waals surface area contributed by atoms with E-state index in [0.29, 0.717) is 11.6 Å². The van der Waals surface area contributed by atoms with Gasteiger partial charge in [-0.25, -0.2) is 9.18 Å². The van der Waals surface area contributed by atoms with Crippen LogP contribution in [0.5, 0.6) is 0 Å². The Bertz CT molecular complexity index is 616. The van der Waals surface area contributed by atoms with E-state index in [2.05, 4.69) is 5.32 Å². The molecular formula is C14H11ClFNO2. The van der Waals surface area contributed by atoms with Gasteiger partial charge in [-0.05, 0) is 29.8 Å². The molecule has 0 fully saturated rings. The molecule has 0 radical (unpaired) electrons. The fourth-order valence-electron chi connectivity index (χ4n) is 1.62. The van der Waals surface area contributed by atoms with E-state index in [1.165, 1.54) is 12.1 Å². The number of halogens is 2. The summed E-state index contributed by atoms with van der Waals surface area (Å²) in [6.07, 6.45) is 0. The van der Waals surface area contributed by atoms with Crippen molar-refractivity contribution in [2.45, 2.75) is 6.54 Å². The Hall–Kier alpha value is -2.07. The van der Waals surface area contributed by atoms with Crippen LogP contribution in [0.25, 0.3) is 0 Å². The number of anilines is 1. The van der Waals surface area contributed by atoms with Crippen LogP contribution in [0.15, 0.2) is 42.5 Å². The summed E-state index contributed by atoms with van der Waals surface area (Å²) in [5.41, 5.74) is 0.997. The van der Waals surface area contributed by atoms with E-state index in [9.17, 15) is 9.18 Å². The minimum absolute atomic E-state index is 0.0826. The van der Waals surface area contributed by atoms with Gasteiger partial charge < -0.3 is 10.4 Å². The van der Waals surface area contributed by atoms with E-state index in [1.807, 2.05) is 18.2 Å². The molecule has 2 N–H and O–H groups in total. The largest absolute Gasteiger partial charge is 0.478 e. The van der Waals surface area contributed by atoms with Gasteiger partial charge in [-0.1, -0.05) is 29.8 Å². The number of aromatic carboxylic acids is 1. The maximum Gasteiger partial charge on any atom is 0.335 e. The van der Waals surface area contributed by atoms with Crippen molar-refractivity contribution in [2.75, 3.05) is 5.32 Å². The van der Waals surface area contributed by atoms with Crippen molar-refractivity contribution >= 4 is 23.3 Å². The molecule has 0 aliphatic heterocycles. The first-order valence-electron chi connectivity index (χ1n) is 5.58. The molecule has 3 nitrogen and oxygen atoms in total. The molecule has 2 aromatic carbocycles. The van der Waals surface area contributed by atoms with Gasteiger partial charge in [-0.15, -0.1) is 0 Å². The first kappa shape index (κ1) is 13.4. The Balaban J connectivity index is 2.12. The SMILES string of the molecule is O=C(O)c1ccc(NCc2ccccc2Cl)c(F)c1. The summed E-state index contributed by atoms with van der Waals surface area (Å²) in [6, 6.07) is 11.0. The monoisotopic (exact) mass is 279 g/mol. The number of carboxylic acid groups (broad SMARTS) is 1. The van der Waals surface area contributed by atoms with Crippen LogP contribution in [0.4, 0.5) is 10.1 Å². The summed E-state index contributed by atoms with van der Waals surface area (Å²) in [5, 5.41) is 12.2. The molecule has 5 heteroatoms. The topological polar surface area (TPSA) is 49.3 Å². The predicted molar refractivity (Wildman–Crippen MR) is 72.1 cm³/mol. The van der Waals surface area contributed by atoms with Gasteiger partial charge in [0.15, 0.2) is 0 Å². The molecule has 2 rings (SSSR count). The minimum Gasteiger partial charge on any atom is -0.478 e. The summed E-state index contributed by atoms with van der Waals surface area (Å²) in [6.45, 7) is 0.364. The van der Waals surface area contributed by atoms with E-state index >= 15 is 0 Å². The Labute approximate surface area is 114 Å². The average molecular weight is 280 g/mol. The van der Waals surface area contributed by atoms with Crippen molar-refractivity contribution in [1.29, 1.82) is 0 Å². The van der Waals surface area contributed by atoms with Crippen molar-refractivity contribution in [3.63, 3.8) is 0 Å². The third-order valence-electron chi connectivity index (χ3n) is 2.64. The Morgan fingerprint density at radius 1 is 1.26 bits per heavy atom. The summed E-state index contributed by atoms with van der Waals surface area (Å²) < 4.78 is 13.7. The minimum atomic E-state index is -1.16. The molecule has 19 heavy (non-hydrogen) atoms. The molecule has 0 aliphatic carbocycles. The van der Waals surface area contributed by atoms with Gasteiger partial charge in [0.25, 0.3) is 0 Å². The summed E-state index contributed by atoms with van der Waals surface area (Å²) in [4.78, 5) is 10.7. The zero-order chi connectivity index (χ0) is 13.8. The highest BCUT2D eigenvalue weighted by Gasteiger charge is 2.08. The van der Waals surface area contributed by atoms with Crippen LogP contribution < -0.4 is 5.32 Å². The van der Waals surface area contributed by atoms with Crippen LogP contribution >= 0.6 is 11.6 Å². The first-order chi connectivity index (χ1) is 9.08. The fraction of sp³-hybridized carbons (Fsp3) is 0.0714. The average Bonchev–Trinajstić information content (AvgIpc) is 2.39. The second-order valence-corrected chi connectivity index (χ2v) is 4.35. The number of carbonyl (C=O) groups is 1. The molecule has 0 bridgehead atoms. The van der Waals surface area contributed by atoms with Gasteiger partial charge in [-0.3, -0.25) is 0 Å². The lowest BCUT2D eigenvalue weighted by atomic mass is 10.2. The normalized spacial score (nSPS) is 10.2. The molecule has 0 atom stereocenters. The van der Waals surface area contributed by atoms with E-state index < -0.39 is 11.8 Å². The highest BCUT2D eigenvalue weighted by Crippen LogP contribution is 2.19. The molecule has 98 valence electrons. The lowest BCUT2D eigenvalue weighted by Crippen LogP contribution is -2.04. The van der Waals surface area contributed by atoms with Crippen LogP contribution in [-0.4, -0.2) is 11.1 Å². The zero-order valence-corrected chi connectivity index (χ0v) is 10.6. The Morgan fingerprint density at radius 2 is 2.00 bits per heavy atom. The fourth-order valence-corrected chi connectivity index (χ4v) is 1.83. The van der Waals surface area contributed by atoms with Crippen molar-refractivity contribution in [3.8, 4) is 0 Å². The molecule has 0 spiro atoms.